The number of hydrogen-bond acceptors (Lipinski definition) is 1. The Labute approximate surface area is 314 Å². The molecule has 8 rings (SSSR count). The summed E-state index contributed by atoms with van der Waals surface area (Å²) in [5.41, 5.74) is 9.69. The van der Waals surface area contributed by atoms with Gasteiger partial charge in [0.25, 0.3) is 0 Å². The Morgan fingerprint density at radius 2 is 1.21 bits per heavy atom. The van der Waals surface area contributed by atoms with E-state index in [1.165, 1.54) is 107 Å². The molecule has 0 amide bonds. The van der Waals surface area contributed by atoms with E-state index in [1.54, 1.807) is 11.3 Å². The fraction of sp³-hybridized carbons (Fsp3) is 0.636. The molecule has 0 bridgehead atoms. The number of hydrogen-bond donors (Lipinski definition) is 0. The molecule has 3 fully saturated rings. The Morgan fingerprint density at radius 1 is 0.646 bits per heavy atom. The van der Waals surface area contributed by atoms with Crippen molar-refractivity contribution in [2.24, 2.45) is 23.7 Å². The largest absolute Gasteiger partial charge is 4.00 e. The van der Waals surface area contributed by atoms with E-state index in [-0.39, 0.29) is 44.0 Å². The smallest absolute Gasteiger partial charge is 0.684 e. The molecule has 5 unspecified atom stereocenters. The molecular weight excluding hydrogens is 635 g/mol. The molecule has 3 aliphatic heterocycles. The second-order valence-corrected chi connectivity index (χ2v) is 19.8. The zero-order valence-corrected chi connectivity index (χ0v) is 34.6. The molecule has 264 valence electrons. The van der Waals surface area contributed by atoms with Crippen LogP contribution in [0, 0.1) is 52.2 Å². The Morgan fingerprint density at radius 3 is 1.81 bits per heavy atom. The first-order valence-electron chi connectivity index (χ1n) is 18.9. The van der Waals surface area contributed by atoms with Gasteiger partial charge in [-0.1, -0.05) is 102 Å². The summed E-state index contributed by atoms with van der Waals surface area (Å²) in [6, 6.07) is 15.0. The van der Waals surface area contributed by atoms with Gasteiger partial charge in [0.05, 0.1) is 11.0 Å². The summed E-state index contributed by atoms with van der Waals surface area (Å²) in [5.74, 6) is 3.88. The van der Waals surface area contributed by atoms with Crippen LogP contribution in [-0.4, -0.2) is 23.9 Å². The average Bonchev–Trinajstić information content (AvgIpc) is 3.53. The van der Waals surface area contributed by atoms with E-state index in [0.29, 0.717) is 12.0 Å². The fourth-order valence-corrected chi connectivity index (χ4v) is 16.9. The third-order valence-electron chi connectivity index (χ3n) is 13.8. The molecule has 6 aliphatic rings. The van der Waals surface area contributed by atoms with Crippen LogP contribution in [0.4, 0.5) is 11.4 Å². The van der Waals surface area contributed by atoms with E-state index >= 15 is 0 Å². The minimum absolute atomic E-state index is 0. The summed E-state index contributed by atoms with van der Waals surface area (Å²) in [4.78, 5) is 2.78. The summed E-state index contributed by atoms with van der Waals surface area (Å²) in [5, 5.41) is 6.70. The van der Waals surface area contributed by atoms with Gasteiger partial charge in [-0.3, -0.25) is 0 Å². The molecule has 4 heteroatoms. The number of benzene rings is 2. The number of fused-ring (bicyclic) bond motifs is 1. The van der Waals surface area contributed by atoms with Crippen LogP contribution in [0.5, 0.6) is 0 Å². The summed E-state index contributed by atoms with van der Waals surface area (Å²) >= 11 is 0. The van der Waals surface area contributed by atoms with Crippen LogP contribution in [0.1, 0.15) is 134 Å². The Hall–Kier alpha value is -0.816. The maximum Gasteiger partial charge on any atom is 4.00 e. The number of anilines is 1. The zero-order valence-electron chi connectivity index (χ0n) is 32.1. The van der Waals surface area contributed by atoms with Crippen LogP contribution in [0.3, 0.4) is 0 Å². The average molecular weight is 705 g/mol. The van der Waals surface area contributed by atoms with Gasteiger partial charge in [-0.15, -0.1) is 12.2 Å². The number of aryl methyl sites for hydroxylation is 2. The number of rotatable bonds is 3. The topological polar surface area (TPSA) is 17.3 Å². The Balaban J connectivity index is 0.000000248. The molecule has 3 heterocycles. The first-order valence-corrected chi connectivity index (χ1v) is 20.9. The minimum Gasteiger partial charge on any atom is -0.684 e. The monoisotopic (exact) mass is 704 g/mol. The van der Waals surface area contributed by atoms with Crippen molar-refractivity contribution >= 4 is 23.9 Å². The van der Waals surface area contributed by atoms with Crippen molar-refractivity contribution in [3.8, 4) is 0 Å². The molecule has 2 aromatic carbocycles. The van der Waals surface area contributed by atoms with Gasteiger partial charge < -0.3 is 32.5 Å². The second kappa shape index (κ2) is 17.6. The fourth-order valence-electron chi connectivity index (χ4n) is 10.8. The quantitative estimate of drug-likeness (QED) is 0.177. The normalized spacial score (nSPS) is 30.4. The standard InChI is InChI=1S/C23H34NP.C18H26N.3CH3.Ti/c1-18-15-16-19-9-8-14-22-23(19)24(18)17-25(22,20-10-4-2-5-11-20)21-12-6-3-7-13-21;1-11-12(2)14(4)17(13(11)3)16-9-5-7-15-8-6-10-19-18(15)16;;;;/h8-9,14,17-18,20-21H,2-7,10-13,15-16H2,1H3;5,7,9,11-14,17H,6,8,10H2,1-4H3;3*1H3;/q;4*-1;+4. The van der Waals surface area contributed by atoms with Gasteiger partial charge in [0.1, 0.15) is 0 Å². The Bertz CT molecular complexity index is 1260. The minimum atomic E-state index is -1.18. The van der Waals surface area contributed by atoms with Gasteiger partial charge in [0.15, 0.2) is 0 Å². The molecular formula is C44H69N2PTi. The molecule has 0 radical (unpaired) electrons. The van der Waals surface area contributed by atoms with Gasteiger partial charge in [-0.05, 0) is 119 Å². The Kier molecular flexibility index (Phi) is 15.3. The molecule has 2 aromatic rings. The van der Waals surface area contributed by atoms with Crippen molar-refractivity contribution in [3.63, 3.8) is 0 Å². The van der Waals surface area contributed by atoms with Gasteiger partial charge in [0.2, 0.25) is 0 Å². The van der Waals surface area contributed by atoms with Crippen molar-refractivity contribution in [1.29, 1.82) is 0 Å². The van der Waals surface area contributed by atoms with Crippen LogP contribution in [-0.2, 0) is 34.6 Å². The first kappa shape index (κ1) is 41.6. The van der Waals surface area contributed by atoms with Gasteiger partial charge in [0, 0.05) is 17.4 Å². The van der Waals surface area contributed by atoms with E-state index in [0.717, 1.165) is 41.5 Å². The third-order valence-corrected chi connectivity index (χ3v) is 19.0. The van der Waals surface area contributed by atoms with Crippen LogP contribution < -0.4 is 10.2 Å². The molecule has 0 aromatic heterocycles. The van der Waals surface area contributed by atoms with Gasteiger partial charge >= 0.3 is 21.7 Å². The maximum atomic E-state index is 4.86. The molecule has 0 N–H and O–H groups in total. The summed E-state index contributed by atoms with van der Waals surface area (Å²) in [6.07, 6.45) is 22.9. The number of para-hydroxylation sites is 2. The van der Waals surface area contributed by atoms with Gasteiger partial charge in [-0.25, -0.2) is 0 Å². The third kappa shape index (κ3) is 7.27. The molecule has 3 aliphatic carbocycles. The molecule has 3 saturated carbocycles. The predicted octanol–water partition coefficient (Wildman–Crippen LogP) is 12.9. The van der Waals surface area contributed by atoms with Crippen LogP contribution in [0.2, 0.25) is 0 Å². The molecule has 5 atom stereocenters. The summed E-state index contributed by atoms with van der Waals surface area (Å²) in [7, 11) is -1.18. The van der Waals surface area contributed by atoms with E-state index in [9.17, 15) is 0 Å². The maximum absolute atomic E-state index is 4.86. The summed E-state index contributed by atoms with van der Waals surface area (Å²) in [6.45, 7) is 13.2. The zero-order chi connectivity index (χ0) is 30.4. The molecule has 0 saturated heterocycles. The number of nitrogens with zero attached hydrogens (tertiary/aromatic N) is 2. The van der Waals surface area contributed by atoms with Crippen molar-refractivity contribution < 1.29 is 21.7 Å². The summed E-state index contributed by atoms with van der Waals surface area (Å²) < 4.78 is 0. The van der Waals surface area contributed by atoms with E-state index in [2.05, 4.69) is 82.2 Å². The van der Waals surface area contributed by atoms with Crippen molar-refractivity contribution in [2.45, 2.75) is 148 Å². The van der Waals surface area contributed by atoms with Gasteiger partial charge in [-0.2, -0.15) is 0 Å². The van der Waals surface area contributed by atoms with Crippen LogP contribution in [0.15, 0.2) is 36.4 Å². The van der Waals surface area contributed by atoms with Crippen molar-refractivity contribution in [1.82, 2.24) is 0 Å². The van der Waals surface area contributed by atoms with E-state index < -0.39 is 7.26 Å². The van der Waals surface area contributed by atoms with Crippen molar-refractivity contribution in [3.05, 3.63) is 87.0 Å². The van der Waals surface area contributed by atoms with E-state index in [4.69, 9.17) is 5.32 Å². The SMILES string of the molecule is CC1C(C)C(C)C(c2cccc3c2[N-]CCC3)C1C.CC1CCc2cccc3c2N1[CH-][P+]3(C1CCCCC1)C1CCCCC1.[CH3-].[CH3-].[CH3-].[Ti+4]. The first-order chi connectivity index (χ1) is 21.4. The van der Waals surface area contributed by atoms with Crippen LogP contribution in [0.25, 0.3) is 5.32 Å². The predicted molar refractivity (Wildman–Crippen MR) is 213 cm³/mol. The van der Waals surface area contributed by atoms with E-state index in [1.807, 2.05) is 5.30 Å². The molecule has 2 nitrogen and oxygen atoms in total. The second-order valence-electron chi connectivity index (χ2n) is 15.9. The molecule has 48 heavy (non-hydrogen) atoms. The van der Waals surface area contributed by atoms with Crippen molar-refractivity contribution in [2.75, 3.05) is 11.4 Å². The molecule has 0 spiro atoms. The van der Waals surface area contributed by atoms with Crippen LogP contribution >= 0.6 is 7.26 Å².